The average molecular weight is 470 g/mol. The lowest BCUT2D eigenvalue weighted by Crippen LogP contribution is -2.16. The van der Waals surface area contributed by atoms with Crippen molar-refractivity contribution >= 4 is 40.3 Å². The summed E-state index contributed by atoms with van der Waals surface area (Å²) in [7, 11) is 0. The number of hydrogen-bond acceptors (Lipinski definition) is 2. The van der Waals surface area contributed by atoms with Crippen molar-refractivity contribution in [2.45, 2.75) is 32.1 Å². The van der Waals surface area contributed by atoms with Gasteiger partial charge in [-0.3, -0.25) is 5.41 Å². The monoisotopic (exact) mass is 469 g/mol. The fourth-order valence-corrected chi connectivity index (χ4v) is 5.23. The van der Waals surface area contributed by atoms with Gasteiger partial charge in [0.2, 0.25) is 0 Å². The highest BCUT2D eigenvalue weighted by Crippen LogP contribution is 2.44. The molecule has 0 atom stereocenters. The summed E-state index contributed by atoms with van der Waals surface area (Å²) in [6.45, 7) is 5.98. The fraction of sp³-hybridized carbons (Fsp3) is 0.156. The molecule has 4 heteroatoms. The van der Waals surface area contributed by atoms with E-state index in [-0.39, 0.29) is 5.84 Å². The Labute approximate surface area is 210 Å². The Kier molecular flexibility index (Phi) is 5.57. The van der Waals surface area contributed by atoms with Gasteiger partial charge in [0.15, 0.2) is 11.7 Å². The van der Waals surface area contributed by atoms with Gasteiger partial charge < -0.3 is 4.42 Å². The minimum absolute atomic E-state index is 0.139. The number of nitrogens with one attached hydrogen (secondary N) is 1. The van der Waals surface area contributed by atoms with Crippen LogP contribution in [-0.2, 0) is 0 Å². The van der Waals surface area contributed by atoms with E-state index in [4.69, 9.17) is 9.83 Å². The highest BCUT2D eigenvalue weighted by Gasteiger charge is 2.27. The quantitative estimate of drug-likeness (QED) is 0.209. The number of nitrogens with zero attached hydrogens (tertiary/aromatic N) is 2. The molecule has 0 radical (unpaired) electrons. The molecule has 1 aromatic heterocycles. The van der Waals surface area contributed by atoms with E-state index in [1.54, 1.807) is 0 Å². The maximum atomic E-state index is 8.79. The number of benzene rings is 4. The van der Waals surface area contributed by atoms with Gasteiger partial charge in [-0.05, 0) is 72.9 Å². The molecule has 0 saturated heterocycles. The van der Waals surface area contributed by atoms with E-state index in [0.29, 0.717) is 17.3 Å². The van der Waals surface area contributed by atoms with E-state index in [2.05, 4.69) is 66.1 Å². The average Bonchev–Trinajstić information content (AvgIpc) is 3.25. The molecule has 176 valence electrons. The number of fused-ring (bicyclic) bond motifs is 3. The van der Waals surface area contributed by atoms with Gasteiger partial charge in [0, 0.05) is 21.9 Å². The Morgan fingerprint density at radius 3 is 2.39 bits per heavy atom. The Bertz CT molecular complexity index is 1670. The highest BCUT2D eigenvalue weighted by atomic mass is 16.3. The normalized spacial score (nSPS) is 14.2. The molecule has 0 aliphatic heterocycles. The molecule has 1 aliphatic rings. The Hall–Kier alpha value is -4.31. The zero-order valence-electron chi connectivity index (χ0n) is 20.3. The third-order valence-corrected chi connectivity index (χ3v) is 7.32. The maximum absolute atomic E-state index is 8.79. The van der Waals surface area contributed by atoms with Crippen molar-refractivity contribution in [1.29, 1.82) is 5.41 Å². The lowest BCUT2D eigenvalue weighted by molar-refractivity contribution is 0.420. The minimum Gasteiger partial charge on any atom is -0.456 e. The van der Waals surface area contributed by atoms with Gasteiger partial charge >= 0.3 is 0 Å². The summed E-state index contributed by atoms with van der Waals surface area (Å²) < 4.78 is 6.03. The molecule has 5 aromatic rings. The number of rotatable bonds is 4. The molecule has 6 rings (SSSR count). The first-order chi connectivity index (χ1) is 17.6. The maximum Gasteiger partial charge on any atom is 0.161 e. The molecule has 36 heavy (non-hydrogen) atoms. The third-order valence-electron chi connectivity index (χ3n) is 7.32. The third kappa shape index (κ3) is 3.75. The van der Waals surface area contributed by atoms with Crippen LogP contribution in [0.4, 0.5) is 0 Å². The van der Waals surface area contributed by atoms with Crippen LogP contribution in [0.3, 0.4) is 0 Å². The van der Waals surface area contributed by atoms with E-state index in [9.17, 15) is 0 Å². The Morgan fingerprint density at radius 1 is 0.861 bits per heavy atom. The molecular formula is C32H27N3O. The zero-order chi connectivity index (χ0) is 24.6. The first-order valence-electron chi connectivity index (χ1n) is 12.4. The van der Waals surface area contributed by atoms with Crippen molar-refractivity contribution in [3.05, 3.63) is 107 Å². The second-order valence-corrected chi connectivity index (χ2v) is 9.46. The smallest absolute Gasteiger partial charge is 0.161 e. The first-order valence-corrected chi connectivity index (χ1v) is 12.4. The van der Waals surface area contributed by atoms with Crippen LogP contribution in [0.2, 0.25) is 0 Å². The number of aliphatic imine (C=N–C) groups is 2. The number of amidine groups is 2. The van der Waals surface area contributed by atoms with E-state index >= 15 is 0 Å². The van der Waals surface area contributed by atoms with Crippen molar-refractivity contribution in [2.24, 2.45) is 9.98 Å². The lowest BCUT2D eigenvalue weighted by Gasteiger charge is -2.30. The molecule has 1 aliphatic carbocycles. The van der Waals surface area contributed by atoms with Gasteiger partial charge in [-0.2, -0.15) is 0 Å². The molecule has 1 N–H and O–H groups in total. The van der Waals surface area contributed by atoms with Crippen LogP contribution in [0.5, 0.6) is 0 Å². The predicted molar refractivity (Wildman–Crippen MR) is 150 cm³/mol. The topological polar surface area (TPSA) is 61.7 Å². The van der Waals surface area contributed by atoms with E-state index in [0.717, 1.165) is 40.3 Å². The van der Waals surface area contributed by atoms with Crippen molar-refractivity contribution in [3.8, 4) is 11.1 Å². The van der Waals surface area contributed by atoms with Gasteiger partial charge in [-0.1, -0.05) is 73.2 Å². The summed E-state index contributed by atoms with van der Waals surface area (Å²) in [6, 6.07) is 28.6. The second kappa shape index (κ2) is 9.04. The molecule has 4 nitrogen and oxygen atoms in total. The molecule has 1 heterocycles. The van der Waals surface area contributed by atoms with Crippen molar-refractivity contribution in [3.63, 3.8) is 0 Å². The Balaban J connectivity index is 1.44. The van der Waals surface area contributed by atoms with Crippen LogP contribution in [-0.4, -0.2) is 18.4 Å². The largest absolute Gasteiger partial charge is 0.456 e. The van der Waals surface area contributed by atoms with Gasteiger partial charge in [0.05, 0.1) is 0 Å². The van der Waals surface area contributed by atoms with E-state index < -0.39 is 0 Å². The summed E-state index contributed by atoms with van der Waals surface area (Å²) in [5, 5.41) is 10.9. The van der Waals surface area contributed by atoms with E-state index in [1.165, 1.54) is 28.7 Å². The van der Waals surface area contributed by atoms with Gasteiger partial charge in [-0.15, -0.1) is 0 Å². The summed E-state index contributed by atoms with van der Waals surface area (Å²) in [4.78, 5) is 9.00. The Morgan fingerprint density at radius 2 is 1.61 bits per heavy atom. The van der Waals surface area contributed by atoms with E-state index in [1.807, 2.05) is 42.5 Å². The van der Waals surface area contributed by atoms with Crippen molar-refractivity contribution in [1.82, 2.24) is 0 Å². The first kappa shape index (κ1) is 22.2. The summed E-state index contributed by atoms with van der Waals surface area (Å²) in [5.41, 5.74) is 8.20. The second-order valence-electron chi connectivity index (χ2n) is 9.46. The molecule has 1 fully saturated rings. The SMILES string of the molecule is C=NC(=NC(=N)c1ccc2c(c1)oc1ccccc12)c1cccc(-c2ccccc2C)c1C1CCC1. The van der Waals surface area contributed by atoms with Crippen LogP contribution in [0.15, 0.2) is 99.3 Å². The number of para-hydroxylation sites is 1. The van der Waals surface area contributed by atoms with Crippen LogP contribution in [0, 0.1) is 12.3 Å². The number of furan rings is 1. The highest BCUT2D eigenvalue weighted by molar-refractivity contribution is 6.14. The van der Waals surface area contributed by atoms with Crippen molar-refractivity contribution in [2.75, 3.05) is 0 Å². The molecule has 1 saturated carbocycles. The summed E-state index contributed by atoms with van der Waals surface area (Å²) in [6.07, 6.45) is 3.54. The standard InChI is InChI=1S/C32H27N3O/c1-20-9-3-4-12-23(20)26-14-8-15-27(30(26)21-10-7-11-21)32(34-2)35-31(33)22-17-18-25-24-13-5-6-16-28(24)36-29(25)19-22/h3-6,8-9,12-19,21,33H,2,7,10-11H2,1H3. The molecule has 0 spiro atoms. The predicted octanol–water partition coefficient (Wildman–Crippen LogP) is 8.30. The fourth-order valence-electron chi connectivity index (χ4n) is 5.23. The molecule has 0 amide bonds. The zero-order valence-corrected chi connectivity index (χ0v) is 20.3. The summed E-state index contributed by atoms with van der Waals surface area (Å²) >= 11 is 0. The molecule has 4 aromatic carbocycles. The minimum atomic E-state index is 0.139. The molecule has 0 unspecified atom stereocenters. The summed E-state index contributed by atoms with van der Waals surface area (Å²) in [5.74, 6) is 1.09. The molecular weight excluding hydrogens is 442 g/mol. The van der Waals surface area contributed by atoms with Crippen LogP contribution in [0.1, 0.15) is 47.4 Å². The van der Waals surface area contributed by atoms with Gasteiger partial charge in [0.1, 0.15) is 11.2 Å². The van der Waals surface area contributed by atoms with Gasteiger partial charge in [0.25, 0.3) is 0 Å². The van der Waals surface area contributed by atoms with Crippen LogP contribution < -0.4 is 0 Å². The van der Waals surface area contributed by atoms with Crippen LogP contribution in [0.25, 0.3) is 33.1 Å². The van der Waals surface area contributed by atoms with Gasteiger partial charge in [-0.25, -0.2) is 9.98 Å². The van der Waals surface area contributed by atoms with Crippen LogP contribution >= 0.6 is 0 Å². The lowest BCUT2D eigenvalue weighted by atomic mass is 9.74. The number of hydrogen-bond donors (Lipinski definition) is 1. The molecule has 0 bridgehead atoms. The number of aryl methyl sites for hydroxylation is 1. The van der Waals surface area contributed by atoms with Crippen molar-refractivity contribution < 1.29 is 4.42 Å².